The largest absolute Gasteiger partial charge is 0.444 e. The normalized spacial score (nSPS) is 10.0. The van der Waals surface area contributed by atoms with Crippen molar-refractivity contribution in [3.63, 3.8) is 0 Å². The molecule has 0 bridgehead atoms. The van der Waals surface area contributed by atoms with E-state index in [9.17, 15) is 9.18 Å². The van der Waals surface area contributed by atoms with Crippen LogP contribution in [0, 0.1) is 5.82 Å². The molecule has 0 radical (unpaired) electrons. The quantitative estimate of drug-likeness (QED) is 0.822. The molecule has 0 aliphatic carbocycles. The molecule has 98 valence electrons. The van der Waals surface area contributed by atoms with Crippen LogP contribution in [-0.4, -0.2) is 11.0 Å². The van der Waals surface area contributed by atoms with E-state index < -0.39 is 11.7 Å². The second-order valence-corrected chi connectivity index (χ2v) is 4.68. The molecule has 2 rings (SSSR count). The van der Waals surface area contributed by atoms with Gasteiger partial charge in [0, 0.05) is 0 Å². The maximum absolute atomic E-state index is 13.4. The van der Waals surface area contributed by atoms with Crippen molar-refractivity contribution in [2.45, 2.75) is 0 Å². The van der Waals surface area contributed by atoms with Crippen molar-refractivity contribution in [2.24, 2.45) is 0 Å². The molecule has 0 aliphatic heterocycles. The van der Waals surface area contributed by atoms with Gasteiger partial charge in [0.1, 0.15) is 5.82 Å². The van der Waals surface area contributed by atoms with Gasteiger partial charge >= 0.3 is 0 Å². The van der Waals surface area contributed by atoms with E-state index in [0.29, 0.717) is 4.67 Å². The Labute approximate surface area is 122 Å². The summed E-state index contributed by atoms with van der Waals surface area (Å²) in [5.74, 6) is -0.871. The molecule has 7 heteroatoms. The Bertz CT molecular complexity index is 630. The molecule has 0 aliphatic rings. The fourth-order valence-corrected chi connectivity index (χ4v) is 1.83. The number of nitrogens with one attached hydrogen (secondary N) is 2. The molecule has 2 aromatic rings. The summed E-state index contributed by atoms with van der Waals surface area (Å²) < 4.78 is 18.9. The van der Waals surface area contributed by atoms with Crippen molar-refractivity contribution in [3.05, 3.63) is 52.6 Å². The van der Waals surface area contributed by atoms with Crippen molar-refractivity contribution in [3.8, 4) is 0 Å². The van der Waals surface area contributed by atoms with Gasteiger partial charge < -0.3 is 9.73 Å². The number of hydrogen-bond acceptors (Lipinski definition) is 3. The zero-order chi connectivity index (χ0) is 13.8. The van der Waals surface area contributed by atoms with Crippen LogP contribution in [0.4, 0.5) is 10.1 Å². The van der Waals surface area contributed by atoms with E-state index in [1.807, 2.05) is 0 Å². The van der Waals surface area contributed by atoms with E-state index in [1.54, 1.807) is 18.2 Å². The number of hydrogen-bond donors (Lipinski definition) is 2. The Morgan fingerprint density at radius 2 is 2.00 bits per heavy atom. The Morgan fingerprint density at radius 1 is 1.26 bits per heavy atom. The number of carbonyl (C=O) groups excluding carboxylic acids is 1. The van der Waals surface area contributed by atoms with Crippen LogP contribution in [0.1, 0.15) is 10.6 Å². The Kier molecular flexibility index (Phi) is 4.28. The topological polar surface area (TPSA) is 54.3 Å². The summed E-state index contributed by atoms with van der Waals surface area (Å²) in [4.78, 5) is 11.7. The predicted octanol–water partition coefficient (Wildman–Crippen LogP) is 3.31. The molecule has 0 unspecified atom stereocenters. The predicted molar refractivity (Wildman–Crippen MR) is 76.5 cm³/mol. The number of benzene rings is 1. The van der Waals surface area contributed by atoms with E-state index in [1.165, 1.54) is 18.2 Å². The smallest absolute Gasteiger partial charge is 0.293 e. The summed E-state index contributed by atoms with van der Waals surface area (Å²) in [5, 5.41) is 4.96. The number of anilines is 1. The van der Waals surface area contributed by atoms with Crippen LogP contribution in [0.3, 0.4) is 0 Å². The third-order valence-corrected chi connectivity index (χ3v) is 2.78. The maximum atomic E-state index is 13.4. The van der Waals surface area contributed by atoms with Crippen molar-refractivity contribution in [1.82, 2.24) is 5.32 Å². The number of para-hydroxylation sites is 1. The first-order valence-electron chi connectivity index (χ1n) is 5.18. The van der Waals surface area contributed by atoms with Gasteiger partial charge in [-0.05, 0) is 52.4 Å². The Morgan fingerprint density at radius 3 is 2.63 bits per heavy atom. The third kappa shape index (κ3) is 3.62. The second-order valence-electron chi connectivity index (χ2n) is 3.49. The van der Waals surface area contributed by atoms with E-state index >= 15 is 0 Å². The van der Waals surface area contributed by atoms with Gasteiger partial charge in [0.25, 0.3) is 5.91 Å². The highest BCUT2D eigenvalue weighted by molar-refractivity contribution is 9.10. The van der Waals surface area contributed by atoms with Gasteiger partial charge in [0.2, 0.25) is 0 Å². The average Bonchev–Trinajstić information content (AvgIpc) is 2.79. The first kappa shape index (κ1) is 13.7. The molecule has 0 saturated heterocycles. The maximum Gasteiger partial charge on any atom is 0.293 e. The fraction of sp³-hybridized carbons (Fsp3) is 0. The van der Waals surface area contributed by atoms with Crippen molar-refractivity contribution in [2.75, 3.05) is 5.32 Å². The van der Waals surface area contributed by atoms with E-state index in [0.717, 1.165) is 0 Å². The monoisotopic (exact) mass is 342 g/mol. The van der Waals surface area contributed by atoms with Crippen LogP contribution in [0.25, 0.3) is 0 Å². The molecule has 4 nitrogen and oxygen atoms in total. The lowest BCUT2D eigenvalue weighted by atomic mass is 10.3. The molecule has 1 amide bonds. The minimum Gasteiger partial charge on any atom is -0.444 e. The van der Waals surface area contributed by atoms with Gasteiger partial charge in [-0.15, -0.1) is 0 Å². The van der Waals surface area contributed by atoms with Gasteiger partial charge in [-0.1, -0.05) is 12.1 Å². The van der Waals surface area contributed by atoms with Gasteiger partial charge in [0.05, 0.1) is 5.69 Å². The Balaban J connectivity index is 1.99. The molecule has 0 spiro atoms. The zero-order valence-electron chi connectivity index (χ0n) is 9.44. The molecule has 2 N–H and O–H groups in total. The summed E-state index contributed by atoms with van der Waals surface area (Å²) in [6, 6.07) is 9.09. The van der Waals surface area contributed by atoms with Gasteiger partial charge in [-0.25, -0.2) is 4.39 Å². The summed E-state index contributed by atoms with van der Waals surface area (Å²) in [5.41, 5.74) is 0.188. The first-order valence-corrected chi connectivity index (χ1v) is 6.38. The minimum atomic E-state index is -0.514. The number of amides is 1. The molecular formula is C12H8BrFN2O2S. The van der Waals surface area contributed by atoms with E-state index in [-0.39, 0.29) is 16.6 Å². The van der Waals surface area contributed by atoms with Crippen LogP contribution >= 0.6 is 28.1 Å². The lowest BCUT2D eigenvalue weighted by Crippen LogP contribution is -2.34. The molecule has 1 heterocycles. The van der Waals surface area contributed by atoms with Crippen LogP contribution in [0.15, 0.2) is 45.5 Å². The number of halogens is 2. The van der Waals surface area contributed by atoms with Crippen LogP contribution in [0.2, 0.25) is 0 Å². The SMILES string of the molecule is O=C(NC(=S)Nc1ccccc1F)c1ccc(Br)o1. The van der Waals surface area contributed by atoms with Crippen molar-refractivity contribution < 1.29 is 13.6 Å². The van der Waals surface area contributed by atoms with Crippen LogP contribution in [0.5, 0.6) is 0 Å². The molecule has 19 heavy (non-hydrogen) atoms. The molecule has 1 aromatic carbocycles. The average molecular weight is 343 g/mol. The molecule has 0 saturated carbocycles. The highest BCUT2D eigenvalue weighted by atomic mass is 79.9. The summed E-state index contributed by atoms with van der Waals surface area (Å²) in [6.45, 7) is 0. The van der Waals surface area contributed by atoms with E-state index in [4.69, 9.17) is 16.6 Å². The van der Waals surface area contributed by atoms with Gasteiger partial charge in [-0.3, -0.25) is 10.1 Å². The van der Waals surface area contributed by atoms with Gasteiger partial charge in [-0.2, -0.15) is 0 Å². The number of rotatable bonds is 2. The molecule has 0 fully saturated rings. The lowest BCUT2D eigenvalue weighted by molar-refractivity contribution is 0.0949. The van der Waals surface area contributed by atoms with E-state index in [2.05, 4.69) is 26.6 Å². The van der Waals surface area contributed by atoms with Crippen molar-refractivity contribution >= 4 is 44.9 Å². The minimum absolute atomic E-state index is 0.0115. The fourth-order valence-electron chi connectivity index (χ4n) is 1.32. The number of carbonyl (C=O) groups is 1. The molecule has 0 atom stereocenters. The standard InChI is InChI=1S/C12H8BrFN2O2S/c13-10-6-5-9(18-10)11(17)16-12(19)15-8-4-2-1-3-7(8)14/h1-6H,(H2,15,16,17,19). The number of thiocarbonyl (C=S) groups is 1. The van der Waals surface area contributed by atoms with Crippen LogP contribution < -0.4 is 10.6 Å². The summed E-state index contributed by atoms with van der Waals surface area (Å²) >= 11 is 8.00. The lowest BCUT2D eigenvalue weighted by Gasteiger charge is -2.08. The van der Waals surface area contributed by atoms with Crippen molar-refractivity contribution in [1.29, 1.82) is 0 Å². The third-order valence-electron chi connectivity index (χ3n) is 2.15. The second kappa shape index (κ2) is 5.94. The summed E-state index contributed by atoms with van der Waals surface area (Å²) in [6.07, 6.45) is 0. The van der Waals surface area contributed by atoms with Gasteiger partial charge in [0.15, 0.2) is 15.5 Å². The zero-order valence-corrected chi connectivity index (χ0v) is 11.8. The highest BCUT2D eigenvalue weighted by Gasteiger charge is 2.12. The molecule has 1 aromatic heterocycles. The highest BCUT2D eigenvalue weighted by Crippen LogP contribution is 2.14. The molecular weight excluding hydrogens is 335 g/mol. The summed E-state index contributed by atoms with van der Waals surface area (Å²) in [7, 11) is 0. The van der Waals surface area contributed by atoms with Crippen LogP contribution in [-0.2, 0) is 0 Å². The number of furan rings is 1. The first-order chi connectivity index (χ1) is 9.06. The Hall–Kier alpha value is -1.73.